The van der Waals surface area contributed by atoms with E-state index in [0.29, 0.717) is 5.69 Å². The molecule has 124 valence electrons. The first-order valence-electron chi connectivity index (χ1n) is 7.83. The van der Waals surface area contributed by atoms with Crippen LogP contribution in [0.15, 0.2) is 42.6 Å². The molecule has 0 aliphatic carbocycles. The number of H-pyrrole nitrogens is 1. The topological polar surface area (TPSA) is 64.0 Å². The zero-order valence-electron chi connectivity index (χ0n) is 14.3. The lowest BCUT2D eigenvalue weighted by Gasteiger charge is -2.17. The molecule has 1 aromatic heterocycles. The molecular weight excluding hydrogens is 302 g/mol. The average Bonchev–Trinajstić information content (AvgIpc) is 3.01. The van der Waals surface area contributed by atoms with Crippen LogP contribution in [0.2, 0.25) is 0 Å². The number of hydrogen-bond donors (Lipinski definition) is 1. The normalized spacial score (nSPS) is 12.6. The Morgan fingerprint density at radius 2 is 1.83 bits per heavy atom. The second kappa shape index (κ2) is 6.00. The number of rotatable bonds is 3. The molecule has 24 heavy (non-hydrogen) atoms. The van der Waals surface area contributed by atoms with Gasteiger partial charge in [-0.15, -0.1) is 0 Å². The summed E-state index contributed by atoms with van der Waals surface area (Å²) in [7, 11) is 1.66. The van der Waals surface area contributed by atoms with Gasteiger partial charge in [0.1, 0.15) is 17.3 Å². The molecular formula is C19H21N3O2. The van der Waals surface area contributed by atoms with Gasteiger partial charge in [-0.25, -0.2) is 9.72 Å². The first-order chi connectivity index (χ1) is 11.4. The van der Waals surface area contributed by atoms with Crippen LogP contribution in [-0.4, -0.2) is 33.6 Å². The Kier molecular flexibility index (Phi) is 4.01. The zero-order chi connectivity index (χ0) is 17.3. The minimum atomic E-state index is -0.494. The molecule has 5 nitrogen and oxygen atoms in total. The number of hydroxylamine groups is 1. The summed E-state index contributed by atoms with van der Waals surface area (Å²) in [5.41, 5.74) is 1.08. The number of imidazole rings is 1. The van der Waals surface area contributed by atoms with Crippen molar-refractivity contribution in [2.24, 2.45) is 0 Å². The number of fused-ring (bicyclic) bond motifs is 1. The maximum Gasteiger partial charge on any atom is 0.202 e. The van der Waals surface area contributed by atoms with E-state index in [1.807, 2.05) is 57.2 Å². The van der Waals surface area contributed by atoms with Crippen molar-refractivity contribution in [1.29, 1.82) is 0 Å². The number of nitrogens with zero attached hydrogens (tertiary/aromatic N) is 2. The minimum Gasteiger partial charge on any atom is -0.623 e. The van der Waals surface area contributed by atoms with Crippen molar-refractivity contribution in [3.63, 3.8) is 0 Å². The molecule has 5 heteroatoms. The molecule has 0 amide bonds. The second-order valence-electron chi connectivity index (χ2n) is 6.66. The van der Waals surface area contributed by atoms with E-state index in [2.05, 4.69) is 9.97 Å². The third kappa shape index (κ3) is 2.97. The molecule has 0 bridgehead atoms. The smallest absolute Gasteiger partial charge is 0.202 e. The third-order valence-electron chi connectivity index (χ3n) is 3.87. The fourth-order valence-electron chi connectivity index (χ4n) is 2.51. The summed E-state index contributed by atoms with van der Waals surface area (Å²) in [6.45, 7) is 5.59. The van der Waals surface area contributed by atoms with Crippen LogP contribution >= 0.6 is 0 Å². The molecule has 0 saturated carbocycles. The first-order valence-corrected chi connectivity index (χ1v) is 7.83. The average molecular weight is 323 g/mol. The lowest BCUT2D eigenvalue weighted by molar-refractivity contribution is -0.530. The molecule has 3 rings (SSSR count). The number of methoxy groups -OCH3 is 1. The van der Waals surface area contributed by atoms with Gasteiger partial charge in [0.2, 0.25) is 6.21 Å². The summed E-state index contributed by atoms with van der Waals surface area (Å²) in [4.78, 5) is 7.71. The second-order valence-corrected chi connectivity index (χ2v) is 6.66. The Morgan fingerprint density at radius 1 is 1.12 bits per heavy atom. The zero-order valence-corrected chi connectivity index (χ0v) is 14.3. The van der Waals surface area contributed by atoms with E-state index in [1.54, 1.807) is 13.3 Å². The maximum absolute atomic E-state index is 12.1. The number of aromatic amines is 1. The van der Waals surface area contributed by atoms with Crippen molar-refractivity contribution in [2.75, 3.05) is 7.11 Å². The molecule has 3 aromatic rings. The Balaban J connectivity index is 2.07. The Labute approximate surface area is 141 Å². The van der Waals surface area contributed by atoms with Gasteiger partial charge in [0.05, 0.1) is 7.11 Å². The molecule has 0 aliphatic rings. The quantitative estimate of drug-likeness (QED) is 0.343. The summed E-state index contributed by atoms with van der Waals surface area (Å²) in [6.07, 6.45) is 3.25. The van der Waals surface area contributed by atoms with Crippen LogP contribution in [0, 0.1) is 5.21 Å². The lowest BCUT2D eigenvalue weighted by atomic mass is 10.0. The number of nitrogens with one attached hydrogen (secondary N) is 1. The summed E-state index contributed by atoms with van der Waals surface area (Å²) in [6, 6.07) is 11.9. The fraction of sp³-hybridized carbons (Fsp3) is 0.263. The summed E-state index contributed by atoms with van der Waals surface area (Å²) in [5, 5.41) is 14.1. The highest BCUT2D eigenvalue weighted by molar-refractivity contribution is 5.99. The van der Waals surface area contributed by atoms with E-state index >= 15 is 0 Å². The fourth-order valence-corrected chi connectivity index (χ4v) is 2.51. The van der Waals surface area contributed by atoms with E-state index in [9.17, 15) is 5.21 Å². The van der Waals surface area contributed by atoms with Crippen molar-refractivity contribution in [2.45, 2.75) is 26.3 Å². The van der Waals surface area contributed by atoms with Gasteiger partial charge in [-0.3, -0.25) is 0 Å². The summed E-state index contributed by atoms with van der Waals surface area (Å²) in [5.74, 6) is 1.55. The third-order valence-corrected chi connectivity index (χ3v) is 3.87. The molecule has 0 aliphatic heterocycles. The molecule has 1 N–H and O–H groups in total. The van der Waals surface area contributed by atoms with Crippen LogP contribution in [0.1, 0.15) is 26.5 Å². The predicted molar refractivity (Wildman–Crippen MR) is 96.6 cm³/mol. The first kappa shape index (κ1) is 16.1. The van der Waals surface area contributed by atoms with Gasteiger partial charge in [0.15, 0.2) is 5.54 Å². The van der Waals surface area contributed by atoms with Gasteiger partial charge in [-0.05, 0) is 17.5 Å². The number of ether oxygens (including phenoxy) is 1. The number of benzene rings is 2. The molecule has 0 radical (unpaired) electrons. The molecule has 0 spiro atoms. The van der Waals surface area contributed by atoms with E-state index in [-0.39, 0.29) is 0 Å². The summed E-state index contributed by atoms with van der Waals surface area (Å²) >= 11 is 0. The van der Waals surface area contributed by atoms with Crippen molar-refractivity contribution in [1.82, 2.24) is 9.97 Å². The summed E-state index contributed by atoms with van der Waals surface area (Å²) < 4.78 is 6.34. The van der Waals surface area contributed by atoms with Crippen molar-refractivity contribution in [3.05, 3.63) is 53.5 Å². The van der Waals surface area contributed by atoms with Crippen LogP contribution in [0.5, 0.6) is 5.75 Å². The van der Waals surface area contributed by atoms with Gasteiger partial charge in [0.25, 0.3) is 0 Å². The highest BCUT2D eigenvalue weighted by atomic mass is 16.5. The van der Waals surface area contributed by atoms with Crippen LogP contribution in [-0.2, 0) is 0 Å². The Hall–Kier alpha value is -2.82. The lowest BCUT2D eigenvalue weighted by Crippen LogP contribution is -2.29. The SMILES string of the molecule is COc1ccc(-c2nc(/C=[N+](\[O-])C(C)(C)C)c[nH]2)c2ccccc12. The standard InChI is InChI=1S/C19H21N3O2/c1-19(2,3)22(23)12-13-11-20-18(21-13)16-9-10-17(24-4)15-8-6-5-7-14(15)16/h5-12H,1-4H3,(H,20,21)/b22-12-. The highest BCUT2D eigenvalue weighted by Crippen LogP contribution is 2.32. The molecule has 0 atom stereocenters. The van der Waals surface area contributed by atoms with Gasteiger partial charge in [-0.1, -0.05) is 24.3 Å². The van der Waals surface area contributed by atoms with Gasteiger partial charge >= 0.3 is 0 Å². The van der Waals surface area contributed by atoms with Gasteiger partial charge in [-0.2, -0.15) is 0 Å². The highest BCUT2D eigenvalue weighted by Gasteiger charge is 2.19. The Bertz CT molecular complexity index is 904. The number of aromatic nitrogens is 2. The Morgan fingerprint density at radius 3 is 2.50 bits per heavy atom. The van der Waals surface area contributed by atoms with Gasteiger partial charge in [0, 0.05) is 37.9 Å². The van der Waals surface area contributed by atoms with Gasteiger partial charge < -0.3 is 14.9 Å². The predicted octanol–water partition coefficient (Wildman–Crippen LogP) is 3.97. The molecule has 0 unspecified atom stereocenters. The van der Waals surface area contributed by atoms with Crippen LogP contribution in [0.4, 0.5) is 0 Å². The van der Waals surface area contributed by atoms with E-state index < -0.39 is 5.54 Å². The monoisotopic (exact) mass is 323 g/mol. The maximum atomic E-state index is 12.1. The van der Waals surface area contributed by atoms with E-state index in [1.165, 1.54) is 6.21 Å². The minimum absolute atomic E-state index is 0.494. The molecule has 1 heterocycles. The van der Waals surface area contributed by atoms with Crippen LogP contribution < -0.4 is 4.74 Å². The number of hydrogen-bond acceptors (Lipinski definition) is 3. The van der Waals surface area contributed by atoms with Crippen molar-refractivity contribution >= 4 is 17.0 Å². The molecule has 2 aromatic carbocycles. The van der Waals surface area contributed by atoms with E-state index in [4.69, 9.17) is 4.74 Å². The largest absolute Gasteiger partial charge is 0.623 e. The van der Waals surface area contributed by atoms with Crippen LogP contribution in [0.3, 0.4) is 0 Å². The van der Waals surface area contributed by atoms with Crippen molar-refractivity contribution < 1.29 is 9.48 Å². The van der Waals surface area contributed by atoms with Crippen LogP contribution in [0.25, 0.3) is 22.2 Å². The molecule has 0 saturated heterocycles. The van der Waals surface area contributed by atoms with Crippen molar-refractivity contribution in [3.8, 4) is 17.1 Å². The molecule has 0 fully saturated rings. The van der Waals surface area contributed by atoms with E-state index in [0.717, 1.165) is 32.6 Å².